The number of anilines is 1. The number of aliphatic carboxylic acids is 2. The normalized spacial score (nSPS) is 13.5. The lowest BCUT2D eigenvalue weighted by atomic mass is 10.1. The van der Waals surface area contributed by atoms with Crippen molar-refractivity contribution in [3.8, 4) is 0 Å². The van der Waals surface area contributed by atoms with E-state index in [1.807, 2.05) is 12.1 Å². The van der Waals surface area contributed by atoms with Crippen molar-refractivity contribution in [1.82, 2.24) is 0 Å². The second kappa shape index (κ2) is 8.82. The number of carboxylic acid groups (broad SMARTS) is 2. The van der Waals surface area contributed by atoms with E-state index in [1.54, 1.807) is 0 Å². The van der Waals surface area contributed by atoms with Crippen LogP contribution in [0.1, 0.15) is 38.5 Å². The fourth-order valence-electron chi connectivity index (χ4n) is 1.91. The highest BCUT2D eigenvalue weighted by molar-refractivity contribution is 7.16. The van der Waals surface area contributed by atoms with Crippen molar-refractivity contribution in [3.05, 3.63) is 17.0 Å². The SMILES string of the molecule is CC(C)(C)[Si](C)(C)OCCc1ccc(N[C@@H](CCC(=O)O)C(=O)O)s1. The van der Waals surface area contributed by atoms with Crippen LogP contribution < -0.4 is 5.32 Å². The van der Waals surface area contributed by atoms with Gasteiger partial charge in [-0.2, -0.15) is 0 Å². The van der Waals surface area contributed by atoms with Gasteiger partial charge in [-0.3, -0.25) is 4.79 Å². The Balaban J connectivity index is 2.55. The number of carboxylic acids is 2. The molecule has 6 nitrogen and oxygen atoms in total. The third kappa shape index (κ3) is 7.17. The largest absolute Gasteiger partial charge is 0.481 e. The summed E-state index contributed by atoms with van der Waals surface area (Å²) in [5.41, 5.74) is 0. The molecule has 1 heterocycles. The van der Waals surface area contributed by atoms with Gasteiger partial charge in [0.05, 0.1) is 5.00 Å². The maximum Gasteiger partial charge on any atom is 0.326 e. The lowest BCUT2D eigenvalue weighted by molar-refractivity contribution is -0.139. The van der Waals surface area contributed by atoms with Crippen LogP contribution in [-0.4, -0.2) is 43.1 Å². The summed E-state index contributed by atoms with van der Waals surface area (Å²) < 4.78 is 6.16. The second-order valence-electron chi connectivity index (χ2n) is 7.59. The summed E-state index contributed by atoms with van der Waals surface area (Å²) in [5, 5.41) is 21.7. The third-order valence-electron chi connectivity index (χ3n) is 4.54. The molecular formula is C17H29NO5SSi. The molecule has 0 saturated carbocycles. The Bertz CT molecular complexity index is 594. The van der Waals surface area contributed by atoms with Crippen molar-refractivity contribution in [1.29, 1.82) is 0 Å². The van der Waals surface area contributed by atoms with Crippen molar-refractivity contribution in [3.63, 3.8) is 0 Å². The van der Waals surface area contributed by atoms with E-state index in [2.05, 4.69) is 39.2 Å². The zero-order valence-electron chi connectivity index (χ0n) is 15.6. The van der Waals surface area contributed by atoms with Crippen molar-refractivity contribution < 1.29 is 24.2 Å². The van der Waals surface area contributed by atoms with Crippen LogP contribution in [0.15, 0.2) is 12.1 Å². The summed E-state index contributed by atoms with van der Waals surface area (Å²) in [4.78, 5) is 23.0. The van der Waals surface area contributed by atoms with Gasteiger partial charge in [0.15, 0.2) is 8.32 Å². The van der Waals surface area contributed by atoms with E-state index in [9.17, 15) is 14.7 Å². The summed E-state index contributed by atoms with van der Waals surface area (Å²) in [6.07, 6.45) is 0.653. The molecule has 8 heteroatoms. The predicted molar refractivity (Wildman–Crippen MR) is 103 cm³/mol. The summed E-state index contributed by atoms with van der Waals surface area (Å²) >= 11 is 1.48. The lowest BCUT2D eigenvalue weighted by Gasteiger charge is -2.36. The maximum atomic E-state index is 11.2. The Labute approximate surface area is 154 Å². The molecule has 0 unspecified atom stereocenters. The topological polar surface area (TPSA) is 95.9 Å². The highest BCUT2D eigenvalue weighted by Gasteiger charge is 2.36. The minimum Gasteiger partial charge on any atom is -0.481 e. The van der Waals surface area contributed by atoms with Gasteiger partial charge in [-0.25, -0.2) is 4.79 Å². The van der Waals surface area contributed by atoms with Crippen LogP contribution in [0.25, 0.3) is 0 Å². The predicted octanol–water partition coefficient (Wildman–Crippen LogP) is 4.04. The maximum absolute atomic E-state index is 11.2. The van der Waals surface area contributed by atoms with Crippen LogP contribution in [0.4, 0.5) is 5.00 Å². The van der Waals surface area contributed by atoms with Crippen molar-refractivity contribution in [2.75, 3.05) is 11.9 Å². The molecular weight excluding hydrogens is 358 g/mol. The molecule has 0 bridgehead atoms. The quantitative estimate of drug-likeness (QED) is 0.524. The Kier molecular flexibility index (Phi) is 7.64. The van der Waals surface area contributed by atoms with Gasteiger partial charge in [0, 0.05) is 24.3 Å². The van der Waals surface area contributed by atoms with Crippen LogP contribution in [-0.2, 0) is 20.4 Å². The molecule has 0 spiro atoms. The van der Waals surface area contributed by atoms with Gasteiger partial charge in [-0.15, -0.1) is 11.3 Å². The number of carbonyl (C=O) groups is 2. The molecule has 3 N–H and O–H groups in total. The molecule has 1 aromatic heterocycles. The number of rotatable bonds is 10. The highest BCUT2D eigenvalue weighted by atomic mass is 32.1. The van der Waals surface area contributed by atoms with E-state index in [1.165, 1.54) is 11.3 Å². The fraction of sp³-hybridized carbons (Fsp3) is 0.647. The molecule has 0 aliphatic rings. The van der Waals surface area contributed by atoms with Gasteiger partial charge in [-0.1, -0.05) is 20.8 Å². The van der Waals surface area contributed by atoms with Gasteiger partial charge in [0.25, 0.3) is 0 Å². The Hall–Kier alpha value is -1.38. The third-order valence-corrected chi connectivity index (χ3v) is 10.2. The first kappa shape index (κ1) is 21.7. The van der Waals surface area contributed by atoms with E-state index < -0.39 is 26.3 Å². The van der Waals surface area contributed by atoms with Crippen LogP contribution in [0, 0.1) is 0 Å². The Morgan fingerprint density at radius 1 is 1.28 bits per heavy atom. The number of hydrogen-bond donors (Lipinski definition) is 3. The first-order chi connectivity index (χ1) is 11.4. The van der Waals surface area contributed by atoms with Crippen LogP contribution >= 0.6 is 11.3 Å². The average Bonchev–Trinajstić information content (AvgIpc) is 2.89. The van der Waals surface area contributed by atoms with E-state index in [4.69, 9.17) is 9.53 Å². The van der Waals surface area contributed by atoms with Crippen molar-refractivity contribution in [2.24, 2.45) is 0 Å². The molecule has 0 aliphatic heterocycles. The van der Waals surface area contributed by atoms with Gasteiger partial charge in [-0.05, 0) is 36.7 Å². The smallest absolute Gasteiger partial charge is 0.326 e. The van der Waals surface area contributed by atoms with E-state index in [0.29, 0.717) is 6.61 Å². The molecule has 1 aromatic rings. The molecule has 1 atom stereocenters. The number of thiophene rings is 1. The molecule has 1 rings (SSSR count). The van der Waals surface area contributed by atoms with Gasteiger partial charge in [0.1, 0.15) is 6.04 Å². The van der Waals surface area contributed by atoms with Gasteiger partial charge < -0.3 is 20.0 Å². The van der Waals surface area contributed by atoms with Crippen molar-refractivity contribution in [2.45, 2.75) is 64.2 Å². The zero-order chi connectivity index (χ0) is 19.3. The molecule has 142 valence electrons. The summed E-state index contributed by atoms with van der Waals surface area (Å²) in [6.45, 7) is 11.7. The zero-order valence-corrected chi connectivity index (χ0v) is 17.4. The highest BCUT2D eigenvalue weighted by Crippen LogP contribution is 2.36. The summed E-state index contributed by atoms with van der Waals surface area (Å²) in [5.74, 6) is -2.04. The summed E-state index contributed by atoms with van der Waals surface area (Å²) in [6, 6.07) is 2.90. The van der Waals surface area contributed by atoms with Crippen molar-refractivity contribution >= 4 is 36.6 Å². The van der Waals surface area contributed by atoms with E-state index >= 15 is 0 Å². The molecule has 25 heavy (non-hydrogen) atoms. The molecule has 0 radical (unpaired) electrons. The lowest BCUT2D eigenvalue weighted by Crippen LogP contribution is -2.41. The van der Waals surface area contributed by atoms with Crippen LogP contribution in [0.3, 0.4) is 0 Å². The fourth-order valence-corrected chi connectivity index (χ4v) is 3.90. The van der Waals surface area contributed by atoms with Gasteiger partial charge >= 0.3 is 11.9 Å². The molecule has 0 aromatic carbocycles. The molecule has 0 saturated heterocycles. The minimum atomic E-state index is -1.76. The number of hydrogen-bond acceptors (Lipinski definition) is 5. The number of nitrogens with one attached hydrogen (secondary N) is 1. The molecule has 0 fully saturated rings. The monoisotopic (exact) mass is 387 g/mol. The average molecular weight is 388 g/mol. The van der Waals surface area contributed by atoms with E-state index in [0.717, 1.165) is 16.3 Å². The second-order valence-corrected chi connectivity index (χ2v) is 13.6. The summed E-state index contributed by atoms with van der Waals surface area (Å²) in [7, 11) is -1.76. The Morgan fingerprint density at radius 2 is 1.92 bits per heavy atom. The first-order valence-electron chi connectivity index (χ1n) is 8.36. The van der Waals surface area contributed by atoms with Gasteiger partial charge in [0.2, 0.25) is 0 Å². The van der Waals surface area contributed by atoms with E-state index in [-0.39, 0.29) is 17.9 Å². The molecule has 0 aliphatic carbocycles. The standard InChI is InChI=1S/C17H29NO5SSi/c1-17(2,3)25(4,5)23-11-10-12-6-8-14(24-12)18-13(16(21)22)7-9-15(19)20/h6,8,13,18H,7,9-11H2,1-5H3,(H,19,20)(H,21,22)/t13-/m0/s1. The van der Waals surface area contributed by atoms with Crippen LogP contribution in [0.5, 0.6) is 0 Å². The minimum absolute atomic E-state index is 0.0480. The molecule has 0 amide bonds. The Morgan fingerprint density at radius 3 is 2.44 bits per heavy atom. The first-order valence-corrected chi connectivity index (χ1v) is 12.1. The van der Waals surface area contributed by atoms with Crippen LogP contribution in [0.2, 0.25) is 18.1 Å².